The molecule has 10 heteroatoms. The third kappa shape index (κ3) is 6.03. The van der Waals surface area contributed by atoms with Crippen molar-refractivity contribution in [1.29, 1.82) is 0 Å². The Bertz CT molecular complexity index is 1560. The first-order valence-corrected chi connectivity index (χ1v) is 12.0. The normalized spacial score (nSPS) is 11.5. The lowest BCUT2D eigenvalue weighted by atomic mass is 10.1. The number of aromatic nitrogens is 6. The van der Waals surface area contributed by atoms with Crippen LogP contribution in [0.25, 0.3) is 11.3 Å². The molecule has 3 heterocycles. The summed E-state index contributed by atoms with van der Waals surface area (Å²) in [6, 6.07) is 16.7. The molecule has 0 bridgehead atoms. The van der Waals surface area contributed by atoms with Crippen molar-refractivity contribution in [3.8, 4) is 23.2 Å². The lowest BCUT2D eigenvalue weighted by Gasteiger charge is -2.07. The number of nitrogens with one attached hydrogen (secondary N) is 1. The van der Waals surface area contributed by atoms with E-state index in [2.05, 4.69) is 37.4 Å². The molecule has 3 aromatic heterocycles. The zero-order valence-electron chi connectivity index (χ0n) is 20.7. The minimum Gasteiger partial charge on any atom is -0.385 e. The Morgan fingerprint density at radius 3 is 2.53 bits per heavy atom. The minimum absolute atomic E-state index is 0.149. The molecule has 0 saturated heterocycles. The van der Waals surface area contributed by atoms with Gasteiger partial charge in [0.15, 0.2) is 5.76 Å². The molecule has 1 amide bonds. The van der Waals surface area contributed by atoms with Gasteiger partial charge in [0, 0.05) is 47.3 Å². The predicted octanol–water partition coefficient (Wildman–Crippen LogP) is 3.06. The maximum Gasteiger partial charge on any atom is 0.251 e. The van der Waals surface area contributed by atoms with Gasteiger partial charge in [-0.25, -0.2) is 9.97 Å². The number of carbonyl (C=O) groups is 1. The number of aliphatic hydroxyl groups excluding tert-OH is 1. The van der Waals surface area contributed by atoms with Crippen LogP contribution in [0.2, 0.25) is 0 Å². The number of hydrogen-bond donors (Lipinski definition) is 2. The van der Waals surface area contributed by atoms with Gasteiger partial charge in [0.2, 0.25) is 0 Å². The van der Waals surface area contributed by atoms with Crippen LogP contribution in [0.15, 0.2) is 84.2 Å². The van der Waals surface area contributed by atoms with Gasteiger partial charge in [-0.05, 0) is 55.5 Å². The third-order valence-electron chi connectivity index (χ3n) is 5.77. The number of rotatable bonds is 8. The Labute approximate surface area is 219 Å². The second kappa shape index (κ2) is 11.4. The zero-order valence-corrected chi connectivity index (χ0v) is 20.7. The van der Waals surface area contributed by atoms with Gasteiger partial charge in [-0.3, -0.25) is 9.48 Å². The molecule has 0 unspecified atom stereocenters. The number of aliphatic hydroxyl groups is 1. The molecule has 2 N–H and O–H groups in total. The Hall–Kier alpha value is -5.01. The van der Waals surface area contributed by atoms with Crippen LogP contribution in [-0.4, -0.2) is 47.0 Å². The molecule has 10 nitrogen and oxygen atoms in total. The van der Waals surface area contributed by atoms with E-state index >= 15 is 0 Å². The van der Waals surface area contributed by atoms with Crippen molar-refractivity contribution in [2.24, 2.45) is 0 Å². The van der Waals surface area contributed by atoms with Gasteiger partial charge in [-0.15, -0.1) is 0 Å². The van der Waals surface area contributed by atoms with Gasteiger partial charge in [-0.2, -0.15) is 5.10 Å². The highest BCUT2D eigenvalue weighted by molar-refractivity contribution is 5.94. The van der Waals surface area contributed by atoms with E-state index in [1.807, 2.05) is 47.0 Å². The Kier molecular flexibility index (Phi) is 7.38. The molecule has 0 radical (unpaired) electrons. The molecule has 0 saturated carbocycles. The molecular weight excluding hydrogens is 482 g/mol. The van der Waals surface area contributed by atoms with E-state index in [0.717, 1.165) is 22.4 Å². The fraction of sp³-hybridized carbons (Fsp3) is 0.179. The number of carbonyl (C=O) groups excluding carboxylic acids is 1. The summed E-state index contributed by atoms with van der Waals surface area (Å²) in [5.41, 5.74) is 3.85. The number of imidazole rings is 1. The molecule has 0 spiro atoms. The maximum absolute atomic E-state index is 12.3. The summed E-state index contributed by atoms with van der Waals surface area (Å²) in [5, 5.41) is 20.8. The average molecular weight is 508 g/mol. The van der Waals surface area contributed by atoms with Crippen molar-refractivity contribution in [2.75, 3.05) is 6.54 Å². The van der Waals surface area contributed by atoms with E-state index < -0.39 is 6.10 Å². The highest BCUT2D eigenvalue weighted by atomic mass is 16.5. The lowest BCUT2D eigenvalue weighted by Crippen LogP contribution is -2.27. The monoisotopic (exact) mass is 507 g/mol. The minimum atomic E-state index is -0.663. The molecule has 0 aliphatic heterocycles. The topological polar surface area (TPSA) is 124 Å². The van der Waals surface area contributed by atoms with Crippen LogP contribution in [0.1, 0.15) is 46.0 Å². The van der Waals surface area contributed by atoms with Crippen molar-refractivity contribution >= 4 is 5.91 Å². The molecule has 0 aliphatic carbocycles. The SMILES string of the molecule is C[C@H](O)c1nccn1Cc1cc(-c2ccc(C#Cc3ccc(C(=O)NCCn4cncn4)cc3)cc2)on1. The van der Waals surface area contributed by atoms with Gasteiger partial charge >= 0.3 is 0 Å². The van der Waals surface area contributed by atoms with E-state index in [1.54, 1.807) is 42.5 Å². The van der Waals surface area contributed by atoms with Crippen LogP contribution >= 0.6 is 0 Å². The van der Waals surface area contributed by atoms with Crippen molar-refractivity contribution in [3.63, 3.8) is 0 Å². The molecular formula is C28H25N7O3. The predicted molar refractivity (Wildman–Crippen MR) is 139 cm³/mol. The summed E-state index contributed by atoms with van der Waals surface area (Å²) in [7, 11) is 0. The first kappa shape index (κ1) is 24.7. The summed E-state index contributed by atoms with van der Waals surface area (Å²) in [4.78, 5) is 20.4. The van der Waals surface area contributed by atoms with Gasteiger partial charge in [-0.1, -0.05) is 17.0 Å². The Morgan fingerprint density at radius 2 is 1.84 bits per heavy atom. The summed E-state index contributed by atoms with van der Waals surface area (Å²) in [6.45, 7) is 3.15. The summed E-state index contributed by atoms with van der Waals surface area (Å²) < 4.78 is 9.02. The van der Waals surface area contributed by atoms with Crippen LogP contribution in [-0.2, 0) is 13.1 Å². The Balaban J connectivity index is 1.17. The average Bonchev–Trinajstić information content (AvgIpc) is 3.71. The highest BCUT2D eigenvalue weighted by Gasteiger charge is 2.12. The van der Waals surface area contributed by atoms with Gasteiger partial charge in [0.05, 0.1) is 13.1 Å². The number of benzene rings is 2. The van der Waals surface area contributed by atoms with Crippen molar-refractivity contribution in [3.05, 3.63) is 108 Å². The fourth-order valence-corrected chi connectivity index (χ4v) is 3.82. The zero-order chi connectivity index (χ0) is 26.3. The number of amides is 1. The molecule has 190 valence electrons. The first-order valence-electron chi connectivity index (χ1n) is 12.0. The molecule has 0 aliphatic rings. The third-order valence-corrected chi connectivity index (χ3v) is 5.77. The number of nitrogens with zero attached hydrogens (tertiary/aromatic N) is 6. The van der Waals surface area contributed by atoms with Gasteiger partial charge in [0.25, 0.3) is 5.91 Å². The van der Waals surface area contributed by atoms with Crippen LogP contribution in [0.4, 0.5) is 0 Å². The van der Waals surface area contributed by atoms with E-state index in [0.29, 0.717) is 36.8 Å². The van der Waals surface area contributed by atoms with Gasteiger partial charge in [0.1, 0.15) is 30.3 Å². The second-order valence-corrected chi connectivity index (χ2v) is 8.59. The van der Waals surface area contributed by atoms with Crippen molar-refractivity contribution < 1.29 is 14.4 Å². The van der Waals surface area contributed by atoms with Crippen LogP contribution < -0.4 is 5.32 Å². The summed E-state index contributed by atoms with van der Waals surface area (Å²) in [5.74, 6) is 7.35. The molecule has 1 atom stereocenters. The van der Waals surface area contributed by atoms with Crippen LogP contribution in [0.5, 0.6) is 0 Å². The van der Waals surface area contributed by atoms with Crippen LogP contribution in [0.3, 0.4) is 0 Å². The van der Waals surface area contributed by atoms with Gasteiger partial charge < -0.3 is 19.5 Å². The molecule has 5 aromatic rings. The maximum atomic E-state index is 12.3. The van der Waals surface area contributed by atoms with E-state index in [9.17, 15) is 9.90 Å². The second-order valence-electron chi connectivity index (χ2n) is 8.59. The standard InChI is InChI=1S/C28H25N7O3/c1-20(36)27-30-12-14-34(27)17-25-16-26(38-33-25)23-8-4-21(5-9-23)2-3-22-6-10-24(11-7-22)28(37)31-13-15-35-19-29-18-32-35/h4-12,14,16,18-20,36H,13,15,17H2,1H3,(H,31,37)/t20-/m0/s1. The quantitative estimate of drug-likeness (QED) is 0.309. The van der Waals surface area contributed by atoms with E-state index in [4.69, 9.17) is 4.52 Å². The smallest absolute Gasteiger partial charge is 0.251 e. The Morgan fingerprint density at radius 1 is 1.11 bits per heavy atom. The summed E-state index contributed by atoms with van der Waals surface area (Å²) >= 11 is 0. The van der Waals surface area contributed by atoms with E-state index in [-0.39, 0.29) is 5.91 Å². The molecule has 0 fully saturated rings. The summed E-state index contributed by atoms with van der Waals surface area (Å²) in [6.07, 6.45) is 5.86. The van der Waals surface area contributed by atoms with Crippen molar-refractivity contribution in [2.45, 2.75) is 26.1 Å². The molecule has 2 aromatic carbocycles. The highest BCUT2D eigenvalue weighted by Crippen LogP contribution is 2.22. The molecule has 38 heavy (non-hydrogen) atoms. The largest absolute Gasteiger partial charge is 0.385 e. The molecule has 5 rings (SSSR count). The van der Waals surface area contributed by atoms with Crippen molar-refractivity contribution in [1.82, 2.24) is 34.8 Å². The fourth-order valence-electron chi connectivity index (χ4n) is 3.82. The first-order chi connectivity index (χ1) is 18.5. The number of hydrogen-bond acceptors (Lipinski definition) is 7. The van der Waals surface area contributed by atoms with Crippen LogP contribution in [0, 0.1) is 11.8 Å². The van der Waals surface area contributed by atoms with E-state index in [1.165, 1.54) is 6.33 Å². The lowest BCUT2D eigenvalue weighted by molar-refractivity contribution is 0.0952.